The van der Waals surface area contributed by atoms with Crippen molar-refractivity contribution >= 4 is 23.0 Å². The lowest BCUT2D eigenvalue weighted by Gasteiger charge is -2.48. The molecule has 0 unspecified atom stereocenters. The molecule has 0 spiro atoms. The molecule has 0 radical (unpaired) electrons. The van der Waals surface area contributed by atoms with Crippen LogP contribution in [0.4, 0.5) is 0 Å². The third-order valence-corrected chi connectivity index (χ3v) is 14.9. The van der Waals surface area contributed by atoms with Gasteiger partial charge < -0.3 is 148 Å². The Bertz CT molecular complexity index is 3080. The van der Waals surface area contributed by atoms with E-state index >= 15 is 0 Å². The highest BCUT2D eigenvalue weighted by Crippen LogP contribution is 2.45. The SMILES string of the molecule is C[C@@H]1O[C@@H](O[C@H]2[C@H](O[C@H]3[C@H](Oc4c(-c5cc(O)c(O[C@@H]6OC[C@@H](O[C@@H]7O[C@@H](C)[C@H](O)[C@@H](O)[C@H]7O)[C@H](O)[C@H]6O)c(O)c5)oc5cc(O)cc([O-])c5c4=O)O[C@@H](C)[C@H](O)[C@H]3O)O[C@H](COC(=O)/C=C/c3ccc(O)c(O)c3)[C@@H](O)[C@@H]2O)[C@H](O)[C@H](O)[C@H]1O. The monoisotopic (exact) mass is 1210 g/mol. The van der Waals surface area contributed by atoms with E-state index in [4.69, 9.17) is 56.5 Å². The van der Waals surface area contributed by atoms with Gasteiger partial charge >= 0.3 is 5.97 Å². The summed E-state index contributed by atoms with van der Waals surface area (Å²) < 4.78 is 68.9. The quantitative estimate of drug-likeness (QED) is 0.0301. The van der Waals surface area contributed by atoms with E-state index in [-0.39, 0.29) is 5.56 Å². The summed E-state index contributed by atoms with van der Waals surface area (Å²) in [6, 6.07) is 6.70. The zero-order chi connectivity index (χ0) is 61.8. The van der Waals surface area contributed by atoms with E-state index in [0.29, 0.717) is 6.07 Å². The number of phenolic OH excluding ortho intramolecular Hbond substituents is 5. The average Bonchev–Trinajstić information content (AvgIpc) is 1.72. The minimum Gasteiger partial charge on any atom is -0.872 e. The van der Waals surface area contributed by atoms with E-state index in [1.807, 2.05) is 0 Å². The maximum absolute atomic E-state index is 14.6. The molecule has 6 heterocycles. The Morgan fingerprint density at radius 3 is 1.73 bits per heavy atom. The van der Waals surface area contributed by atoms with Crippen LogP contribution in [0.1, 0.15) is 26.3 Å². The van der Waals surface area contributed by atoms with Crippen molar-refractivity contribution in [2.75, 3.05) is 13.2 Å². The predicted molar refractivity (Wildman–Crippen MR) is 271 cm³/mol. The second-order valence-corrected chi connectivity index (χ2v) is 20.8. The Labute approximate surface area is 478 Å². The van der Waals surface area contributed by atoms with Crippen LogP contribution in [0.2, 0.25) is 0 Å². The second kappa shape index (κ2) is 25.6. The molecule has 5 aliphatic rings. The molecule has 0 saturated carbocycles. The lowest BCUT2D eigenvalue weighted by atomic mass is 9.96. The van der Waals surface area contributed by atoms with E-state index in [0.717, 1.165) is 36.4 Å². The van der Waals surface area contributed by atoms with Gasteiger partial charge in [-0.15, -0.1) is 0 Å². The Hall–Kier alpha value is -6.32. The molecule has 0 bridgehead atoms. The largest absolute Gasteiger partial charge is 0.872 e. The zero-order valence-electron chi connectivity index (χ0n) is 44.7. The lowest BCUT2D eigenvalue weighted by Crippen LogP contribution is -2.66. The number of benzene rings is 3. The van der Waals surface area contributed by atoms with Crippen molar-refractivity contribution in [1.29, 1.82) is 0 Å². The average molecular weight is 1210 g/mol. The molecule has 32 heteroatoms. The summed E-state index contributed by atoms with van der Waals surface area (Å²) in [7, 11) is 0. The fourth-order valence-electron chi connectivity index (χ4n) is 9.92. The number of hydrogen-bond donors (Lipinski definition) is 17. The summed E-state index contributed by atoms with van der Waals surface area (Å²) in [5.74, 6) is -8.44. The van der Waals surface area contributed by atoms with Gasteiger partial charge in [-0.3, -0.25) is 4.79 Å². The standard InChI is InChI=1S/C53H64O32/c1-15-31(61)37(67)42(72)50(76-15)80-28-14-75-49(41(71)35(28)65)82-45-24(58)9-19(10-25(45)59)44-46(36(66)30-23(57)11-20(54)12-26(30)79-44)83-52-47(39(69)33(63)17(3)78-52)85-53-48(84-51-43(73)38(68)32(62)16(2)77-51)40(70)34(64)27(81-53)13-74-29(60)7-5-18-4-6-21(55)22(56)8-18/h4-12,15-17,27-28,31-35,37-43,47-59,61-65,67-73H,13-14H2,1-3H3/p-1/b7-5+/t15-,16-,17-,27+,28+,31-,32-,33-,34+,35-,37+,38+,39+,40-,41+,42+,43+,47+,48+,49-,50-,51-,52-,53-/m0/s1. The van der Waals surface area contributed by atoms with Crippen molar-refractivity contribution in [1.82, 2.24) is 0 Å². The first-order chi connectivity index (χ1) is 40.1. The maximum atomic E-state index is 14.6. The third kappa shape index (κ3) is 12.9. The molecular weight excluding hydrogens is 1150 g/mol. The number of esters is 1. The van der Waals surface area contributed by atoms with Gasteiger partial charge in [0.1, 0.15) is 109 Å². The topological polar surface area (TPSA) is 516 Å². The van der Waals surface area contributed by atoms with Crippen LogP contribution in [-0.4, -0.2) is 253 Å². The molecule has 3 aromatic carbocycles. The van der Waals surface area contributed by atoms with Crippen molar-refractivity contribution < 1.29 is 153 Å². The summed E-state index contributed by atoms with van der Waals surface area (Å²) in [4.78, 5) is 27.5. The number of fused-ring (bicyclic) bond motifs is 1. The molecule has 1 aromatic heterocycles. The number of ether oxygens (including phenoxy) is 11. The molecular formula is C53H63O32-. The summed E-state index contributed by atoms with van der Waals surface area (Å²) in [5, 5.41) is 196. The van der Waals surface area contributed by atoms with Gasteiger partial charge in [-0.2, -0.15) is 0 Å². The lowest BCUT2D eigenvalue weighted by molar-refractivity contribution is -0.387. The number of phenols is 5. The maximum Gasteiger partial charge on any atom is 0.330 e. The molecule has 5 saturated heterocycles. The van der Waals surface area contributed by atoms with Crippen molar-refractivity contribution in [2.45, 2.75) is 168 Å². The van der Waals surface area contributed by atoms with E-state index in [1.165, 1.54) is 32.9 Å². The summed E-state index contributed by atoms with van der Waals surface area (Å²) in [5.41, 5.74) is -2.18. The molecule has 17 N–H and O–H groups in total. The Morgan fingerprint density at radius 1 is 0.565 bits per heavy atom. The Balaban J connectivity index is 1.01. The number of aliphatic hydroxyl groups excluding tert-OH is 12. The van der Waals surface area contributed by atoms with Crippen LogP contribution in [0.25, 0.3) is 28.4 Å². The van der Waals surface area contributed by atoms with Gasteiger partial charge in [0.15, 0.2) is 53.7 Å². The molecule has 5 aliphatic heterocycles. The summed E-state index contributed by atoms with van der Waals surface area (Å²) in [6.45, 7) is 2.42. The fraction of sp³-hybridized carbons (Fsp3) is 0.547. The molecule has 24 atom stereocenters. The number of rotatable bonds is 15. The number of hydrogen-bond acceptors (Lipinski definition) is 32. The third-order valence-electron chi connectivity index (χ3n) is 14.9. The Morgan fingerprint density at radius 2 is 1.11 bits per heavy atom. The van der Waals surface area contributed by atoms with Crippen LogP contribution in [0.5, 0.6) is 46.0 Å². The summed E-state index contributed by atoms with van der Waals surface area (Å²) >= 11 is 0. The van der Waals surface area contributed by atoms with Gasteiger partial charge in [0, 0.05) is 17.7 Å². The zero-order valence-corrected chi connectivity index (χ0v) is 44.7. The van der Waals surface area contributed by atoms with Gasteiger partial charge in [0.2, 0.25) is 29.5 Å². The Kier molecular flexibility index (Phi) is 19.0. The van der Waals surface area contributed by atoms with Crippen molar-refractivity contribution in [3.63, 3.8) is 0 Å². The molecule has 468 valence electrons. The highest BCUT2D eigenvalue weighted by atomic mass is 16.8. The number of carbonyl (C=O) groups excluding carboxylic acids is 1. The first kappa shape index (κ1) is 63.2. The van der Waals surface area contributed by atoms with Crippen molar-refractivity contribution in [2.24, 2.45) is 0 Å². The van der Waals surface area contributed by atoms with E-state index in [2.05, 4.69) is 0 Å². The molecule has 85 heavy (non-hydrogen) atoms. The minimum atomic E-state index is -2.20. The van der Waals surface area contributed by atoms with Crippen molar-refractivity contribution in [3.05, 3.63) is 64.3 Å². The molecule has 9 rings (SSSR count). The first-order valence-corrected chi connectivity index (χ1v) is 26.3. The smallest absolute Gasteiger partial charge is 0.330 e. The minimum absolute atomic E-state index is 0.236. The molecule has 5 fully saturated rings. The van der Waals surface area contributed by atoms with Gasteiger partial charge in [0.05, 0.1) is 30.3 Å². The highest BCUT2D eigenvalue weighted by Gasteiger charge is 2.55. The first-order valence-electron chi connectivity index (χ1n) is 26.3. The van der Waals surface area contributed by atoms with Gasteiger partial charge in [-0.05, 0) is 62.7 Å². The second-order valence-electron chi connectivity index (χ2n) is 20.8. The highest BCUT2D eigenvalue weighted by molar-refractivity contribution is 5.88. The molecule has 0 amide bonds. The normalized spacial score (nSPS) is 38.1. The van der Waals surface area contributed by atoms with Crippen LogP contribution < -0.4 is 20.0 Å². The molecule has 4 aromatic rings. The van der Waals surface area contributed by atoms with E-state index in [1.54, 1.807) is 0 Å². The van der Waals surface area contributed by atoms with Crippen LogP contribution in [0.3, 0.4) is 0 Å². The van der Waals surface area contributed by atoms with Gasteiger partial charge in [-0.25, -0.2) is 4.79 Å². The van der Waals surface area contributed by atoms with Crippen LogP contribution in [0.15, 0.2) is 57.8 Å². The number of aromatic hydroxyl groups is 5. The van der Waals surface area contributed by atoms with Crippen molar-refractivity contribution in [3.8, 4) is 57.3 Å². The predicted octanol–water partition coefficient (Wildman–Crippen LogP) is -5.12. The van der Waals surface area contributed by atoms with Gasteiger partial charge in [-0.1, -0.05) is 11.8 Å². The summed E-state index contributed by atoms with van der Waals surface area (Å²) in [6.07, 6.45) is -41.8. The van der Waals surface area contributed by atoms with Crippen LogP contribution in [0, 0.1) is 0 Å². The van der Waals surface area contributed by atoms with E-state index < -0.39 is 240 Å². The van der Waals surface area contributed by atoms with E-state index in [9.17, 15) is 102 Å². The number of carbonyl (C=O) groups is 1. The molecule has 32 nitrogen and oxygen atoms in total. The molecule has 0 aliphatic carbocycles. The van der Waals surface area contributed by atoms with Crippen LogP contribution in [-0.2, 0) is 47.4 Å². The van der Waals surface area contributed by atoms with Gasteiger partial charge in [0.25, 0.3) is 0 Å². The number of aliphatic hydroxyl groups is 12. The van der Waals surface area contributed by atoms with Crippen LogP contribution >= 0.6 is 0 Å². The fourth-order valence-corrected chi connectivity index (χ4v) is 9.92.